The van der Waals surface area contributed by atoms with Gasteiger partial charge in [0, 0.05) is 19.0 Å². The predicted molar refractivity (Wildman–Crippen MR) is 176 cm³/mol. The largest absolute Gasteiger partial charge is 0.352 e. The van der Waals surface area contributed by atoms with E-state index < -0.39 is 28.5 Å². The van der Waals surface area contributed by atoms with Crippen molar-refractivity contribution in [3.8, 4) is 0 Å². The molecule has 0 spiro atoms. The van der Waals surface area contributed by atoms with Crippen LogP contribution in [0.4, 0.5) is 5.69 Å². The van der Waals surface area contributed by atoms with E-state index in [0.29, 0.717) is 5.69 Å². The summed E-state index contributed by atoms with van der Waals surface area (Å²) in [7, 11) is -4.12. The molecule has 0 heterocycles. The molecule has 0 radical (unpaired) electrons. The van der Waals surface area contributed by atoms with E-state index in [0.717, 1.165) is 33.8 Å². The van der Waals surface area contributed by atoms with Crippen LogP contribution in [-0.4, -0.2) is 43.8 Å². The van der Waals surface area contributed by atoms with Gasteiger partial charge in [-0.1, -0.05) is 105 Å². The molecule has 0 aromatic heterocycles. The Hall–Kier alpha value is -4.43. The maximum Gasteiger partial charge on any atom is 0.264 e. The van der Waals surface area contributed by atoms with E-state index in [-0.39, 0.29) is 29.8 Å². The zero-order valence-corrected chi connectivity index (χ0v) is 26.4. The lowest BCUT2D eigenvalue weighted by Crippen LogP contribution is -2.54. The summed E-state index contributed by atoms with van der Waals surface area (Å²) in [6, 6.07) is 33.3. The van der Waals surface area contributed by atoms with Crippen LogP contribution in [0.2, 0.25) is 0 Å². The molecule has 0 aliphatic carbocycles. The van der Waals surface area contributed by atoms with Crippen LogP contribution in [0.15, 0.2) is 120 Å². The first-order valence-corrected chi connectivity index (χ1v) is 16.5. The van der Waals surface area contributed by atoms with Gasteiger partial charge < -0.3 is 10.2 Å². The second-order valence-corrected chi connectivity index (χ2v) is 12.7. The number of carbonyl (C=O) groups is 2. The summed E-state index contributed by atoms with van der Waals surface area (Å²) >= 11 is 0. The van der Waals surface area contributed by atoms with Crippen molar-refractivity contribution in [1.82, 2.24) is 10.2 Å². The van der Waals surface area contributed by atoms with Crippen LogP contribution >= 0.6 is 0 Å². The maximum absolute atomic E-state index is 14.5. The third-order valence-corrected chi connectivity index (χ3v) is 9.50. The normalized spacial score (nSPS) is 12.6. The first-order valence-electron chi connectivity index (χ1n) is 15.1. The van der Waals surface area contributed by atoms with Gasteiger partial charge in [-0.15, -0.1) is 0 Å². The summed E-state index contributed by atoms with van der Waals surface area (Å²) in [5.74, 6) is -0.759. The average molecular weight is 612 g/mol. The predicted octanol–water partition coefficient (Wildman–Crippen LogP) is 6.00. The molecule has 230 valence electrons. The zero-order chi connectivity index (χ0) is 31.5. The number of aryl methyl sites for hydroxylation is 1. The lowest BCUT2D eigenvalue weighted by atomic mass is 10.0. The summed E-state index contributed by atoms with van der Waals surface area (Å²) in [5.41, 5.74) is 3.15. The van der Waals surface area contributed by atoms with E-state index in [9.17, 15) is 18.0 Å². The Balaban J connectivity index is 1.78. The first-order chi connectivity index (χ1) is 21.2. The SMILES string of the molecule is CCc1ccc(N(CC(=O)N(Cc2ccccc2)C(Cc2ccccc2)C(=O)NC(C)CC)S(=O)(=O)c2ccccc2)cc1. The van der Waals surface area contributed by atoms with Crippen molar-refractivity contribution < 1.29 is 18.0 Å². The van der Waals surface area contributed by atoms with Crippen molar-refractivity contribution in [2.75, 3.05) is 10.8 Å². The van der Waals surface area contributed by atoms with Crippen LogP contribution in [-0.2, 0) is 39.0 Å². The van der Waals surface area contributed by atoms with Gasteiger partial charge in [0.1, 0.15) is 12.6 Å². The van der Waals surface area contributed by atoms with Crippen molar-refractivity contribution in [2.45, 2.75) is 63.6 Å². The van der Waals surface area contributed by atoms with Gasteiger partial charge in [0.05, 0.1) is 10.6 Å². The quantitative estimate of drug-likeness (QED) is 0.190. The molecule has 4 rings (SSSR count). The Morgan fingerprint density at radius 1 is 0.727 bits per heavy atom. The Labute approximate surface area is 261 Å². The molecule has 0 aliphatic heterocycles. The molecule has 4 aromatic carbocycles. The highest BCUT2D eigenvalue weighted by atomic mass is 32.2. The molecule has 0 saturated carbocycles. The molecule has 2 atom stereocenters. The molecule has 2 unspecified atom stereocenters. The molecule has 7 nitrogen and oxygen atoms in total. The van der Waals surface area contributed by atoms with Crippen molar-refractivity contribution >= 4 is 27.5 Å². The van der Waals surface area contributed by atoms with Gasteiger partial charge in [-0.2, -0.15) is 0 Å². The minimum atomic E-state index is -4.12. The monoisotopic (exact) mass is 611 g/mol. The lowest BCUT2D eigenvalue weighted by Gasteiger charge is -2.34. The Morgan fingerprint density at radius 2 is 1.27 bits per heavy atom. The van der Waals surface area contributed by atoms with Crippen LogP contribution in [0.5, 0.6) is 0 Å². The average Bonchev–Trinajstić information content (AvgIpc) is 3.06. The number of anilines is 1. The Kier molecular flexibility index (Phi) is 11.3. The second-order valence-electron chi connectivity index (χ2n) is 10.9. The van der Waals surface area contributed by atoms with E-state index in [1.165, 1.54) is 17.0 Å². The van der Waals surface area contributed by atoms with Gasteiger partial charge in [-0.3, -0.25) is 13.9 Å². The number of sulfonamides is 1. The summed E-state index contributed by atoms with van der Waals surface area (Å²) in [6.07, 6.45) is 1.80. The summed E-state index contributed by atoms with van der Waals surface area (Å²) in [4.78, 5) is 29.9. The maximum atomic E-state index is 14.5. The Bertz CT molecular complexity index is 1600. The highest BCUT2D eigenvalue weighted by Gasteiger charge is 2.34. The minimum Gasteiger partial charge on any atom is -0.352 e. The van der Waals surface area contributed by atoms with Crippen molar-refractivity contribution in [2.24, 2.45) is 0 Å². The number of carbonyl (C=O) groups excluding carboxylic acids is 2. The van der Waals surface area contributed by atoms with Gasteiger partial charge in [0.2, 0.25) is 11.8 Å². The number of nitrogens with one attached hydrogen (secondary N) is 1. The number of benzene rings is 4. The fourth-order valence-corrected chi connectivity index (χ4v) is 6.36. The summed E-state index contributed by atoms with van der Waals surface area (Å²) in [6.45, 7) is 5.60. The highest BCUT2D eigenvalue weighted by Crippen LogP contribution is 2.25. The molecule has 4 aromatic rings. The van der Waals surface area contributed by atoms with Crippen LogP contribution in [0, 0.1) is 0 Å². The van der Waals surface area contributed by atoms with Gasteiger partial charge in [-0.05, 0) is 60.7 Å². The van der Waals surface area contributed by atoms with E-state index in [1.807, 2.05) is 93.6 Å². The van der Waals surface area contributed by atoms with Gasteiger partial charge in [0.25, 0.3) is 10.0 Å². The molecule has 0 fully saturated rings. The fourth-order valence-electron chi connectivity index (χ4n) is 4.92. The third kappa shape index (κ3) is 8.35. The van der Waals surface area contributed by atoms with Gasteiger partial charge >= 0.3 is 0 Å². The molecular formula is C36H41N3O4S. The number of amides is 2. The standard InChI is InChI=1S/C36H41N3O4S/c1-4-28(3)37-36(41)34(25-30-15-9-6-10-16-30)38(26-31-17-11-7-12-18-31)35(40)27-39(32-23-21-29(5-2)22-24-32)44(42,43)33-19-13-8-14-20-33/h6-24,28,34H,4-5,25-27H2,1-3H3,(H,37,41). The van der Waals surface area contributed by atoms with Crippen LogP contribution in [0.1, 0.15) is 43.9 Å². The summed E-state index contributed by atoms with van der Waals surface area (Å²) < 4.78 is 29.3. The fraction of sp³-hybridized carbons (Fsp3) is 0.278. The molecule has 0 aliphatic rings. The van der Waals surface area contributed by atoms with Crippen molar-refractivity contribution in [3.63, 3.8) is 0 Å². The molecule has 0 saturated heterocycles. The third-order valence-electron chi connectivity index (χ3n) is 7.71. The van der Waals surface area contributed by atoms with Crippen molar-refractivity contribution in [3.05, 3.63) is 132 Å². The topological polar surface area (TPSA) is 86.8 Å². The number of hydrogen-bond donors (Lipinski definition) is 1. The molecule has 44 heavy (non-hydrogen) atoms. The molecule has 2 amide bonds. The smallest absolute Gasteiger partial charge is 0.264 e. The van der Waals surface area contributed by atoms with E-state index in [4.69, 9.17) is 0 Å². The number of hydrogen-bond acceptors (Lipinski definition) is 4. The molecule has 0 bridgehead atoms. The minimum absolute atomic E-state index is 0.0809. The highest BCUT2D eigenvalue weighted by molar-refractivity contribution is 7.92. The van der Waals surface area contributed by atoms with E-state index >= 15 is 0 Å². The van der Waals surface area contributed by atoms with Crippen LogP contribution in [0.25, 0.3) is 0 Å². The van der Waals surface area contributed by atoms with Crippen LogP contribution < -0.4 is 9.62 Å². The van der Waals surface area contributed by atoms with Gasteiger partial charge in [-0.25, -0.2) is 8.42 Å². The van der Waals surface area contributed by atoms with Crippen molar-refractivity contribution in [1.29, 1.82) is 0 Å². The van der Waals surface area contributed by atoms with E-state index in [2.05, 4.69) is 5.32 Å². The first kappa shape index (κ1) is 32.5. The lowest BCUT2D eigenvalue weighted by molar-refractivity contribution is -0.140. The Morgan fingerprint density at radius 3 is 1.82 bits per heavy atom. The van der Waals surface area contributed by atoms with Crippen LogP contribution in [0.3, 0.4) is 0 Å². The number of rotatable bonds is 14. The van der Waals surface area contributed by atoms with Gasteiger partial charge in [0.15, 0.2) is 0 Å². The zero-order valence-electron chi connectivity index (χ0n) is 25.6. The second kappa shape index (κ2) is 15.3. The van der Waals surface area contributed by atoms with E-state index in [1.54, 1.807) is 30.3 Å². The summed E-state index contributed by atoms with van der Waals surface area (Å²) in [5, 5.41) is 3.06. The molecular weight excluding hydrogens is 570 g/mol. The number of nitrogens with zero attached hydrogens (tertiary/aromatic N) is 2. The molecule has 8 heteroatoms. The molecule has 1 N–H and O–H groups in total.